The third-order valence-corrected chi connectivity index (χ3v) is 4.81. The zero-order valence-electron chi connectivity index (χ0n) is 16.8. The van der Waals surface area contributed by atoms with E-state index in [1.807, 2.05) is 48.5 Å². The van der Waals surface area contributed by atoms with Crippen molar-refractivity contribution in [1.29, 1.82) is 0 Å². The molecule has 0 aromatic heterocycles. The van der Waals surface area contributed by atoms with Gasteiger partial charge in [0.1, 0.15) is 12.4 Å². The van der Waals surface area contributed by atoms with Crippen LogP contribution in [0.15, 0.2) is 48.5 Å². The van der Waals surface area contributed by atoms with Gasteiger partial charge in [-0.15, -0.1) is 0 Å². The maximum Gasteiger partial charge on any atom is 0.317 e. The molecule has 2 aromatic carbocycles. The Labute approximate surface area is 166 Å². The summed E-state index contributed by atoms with van der Waals surface area (Å²) in [6, 6.07) is 15.1. The summed E-state index contributed by atoms with van der Waals surface area (Å²) in [5, 5.41) is 3.13. The van der Waals surface area contributed by atoms with E-state index >= 15 is 0 Å². The molecule has 0 saturated heterocycles. The highest BCUT2D eigenvalue weighted by Crippen LogP contribution is 2.31. The summed E-state index contributed by atoms with van der Waals surface area (Å²) in [4.78, 5) is 14.4. The zero-order valence-corrected chi connectivity index (χ0v) is 16.8. The topological polar surface area (TPSA) is 60.0 Å². The van der Waals surface area contributed by atoms with Crippen LogP contribution in [0.1, 0.15) is 25.5 Å². The Kier molecular flexibility index (Phi) is 6.29. The maximum absolute atomic E-state index is 12.8. The number of methoxy groups -OCH3 is 1. The van der Waals surface area contributed by atoms with Crippen LogP contribution in [-0.4, -0.2) is 44.3 Å². The van der Waals surface area contributed by atoms with Gasteiger partial charge in [-0.3, -0.25) is 0 Å². The van der Waals surface area contributed by atoms with Crippen LogP contribution in [0, 0.1) is 5.92 Å². The number of carbonyl (C=O) groups is 1. The third kappa shape index (κ3) is 4.68. The van der Waals surface area contributed by atoms with Crippen LogP contribution < -0.4 is 19.5 Å². The van der Waals surface area contributed by atoms with E-state index in [9.17, 15) is 4.79 Å². The van der Waals surface area contributed by atoms with Crippen LogP contribution in [0.2, 0.25) is 0 Å². The second-order valence-corrected chi connectivity index (χ2v) is 7.32. The van der Waals surface area contributed by atoms with Crippen molar-refractivity contribution in [3.63, 3.8) is 0 Å². The van der Waals surface area contributed by atoms with E-state index < -0.39 is 0 Å². The predicted octanol–water partition coefficient (Wildman–Crippen LogP) is 3.87. The first-order chi connectivity index (χ1) is 13.5. The van der Waals surface area contributed by atoms with Gasteiger partial charge in [-0.2, -0.15) is 0 Å². The summed E-state index contributed by atoms with van der Waals surface area (Å²) in [6.45, 7) is 5.03. The van der Waals surface area contributed by atoms with Crippen molar-refractivity contribution in [2.24, 2.45) is 5.92 Å². The van der Waals surface area contributed by atoms with Gasteiger partial charge < -0.3 is 24.4 Å². The molecule has 2 aromatic rings. The number of benzene rings is 2. The highest BCUT2D eigenvalue weighted by molar-refractivity contribution is 5.74. The Morgan fingerprint density at radius 3 is 2.50 bits per heavy atom. The van der Waals surface area contributed by atoms with Crippen LogP contribution in [0.5, 0.6) is 17.2 Å². The van der Waals surface area contributed by atoms with Gasteiger partial charge in [-0.1, -0.05) is 38.1 Å². The summed E-state index contributed by atoms with van der Waals surface area (Å²) in [5.74, 6) is 2.49. The number of carbonyl (C=O) groups excluding carboxylic acids is 1. The maximum atomic E-state index is 12.8. The molecule has 0 unspecified atom stereocenters. The molecule has 0 fully saturated rings. The third-order valence-electron chi connectivity index (χ3n) is 4.81. The molecule has 0 aliphatic carbocycles. The summed E-state index contributed by atoms with van der Waals surface area (Å²) in [7, 11) is 3.41. The van der Waals surface area contributed by atoms with Gasteiger partial charge in [-0.25, -0.2) is 4.79 Å². The minimum Gasteiger partial charge on any atom is -0.497 e. The molecule has 0 saturated carbocycles. The molecular weight excluding hydrogens is 356 g/mol. The fourth-order valence-electron chi connectivity index (χ4n) is 3.23. The van der Waals surface area contributed by atoms with E-state index in [1.54, 1.807) is 19.1 Å². The van der Waals surface area contributed by atoms with Crippen molar-refractivity contribution in [3.8, 4) is 17.2 Å². The summed E-state index contributed by atoms with van der Waals surface area (Å²) < 4.78 is 16.9. The van der Waals surface area contributed by atoms with Gasteiger partial charge in [0, 0.05) is 7.05 Å². The van der Waals surface area contributed by atoms with E-state index in [4.69, 9.17) is 14.2 Å². The van der Waals surface area contributed by atoms with Crippen molar-refractivity contribution in [1.82, 2.24) is 10.2 Å². The van der Waals surface area contributed by atoms with E-state index in [-0.39, 0.29) is 24.1 Å². The lowest BCUT2D eigenvalue weighted by Crippen LogP contribution is -2.47. The number of ether oxygens (including phenoxy) is 3. The van der Waals surface area contributed by atoms with Crippen molar-refractivity contribution in [2.75, 3.05) is 27.3 Å². The molecule has 1 aliphatic heterocycles. The molecule has 1 heterocycles. The molecule has 6 nitrogen and oxygen atoms in total. The summed E-state index contributed by atoms with van der Waals surface area (Å²) in [6.07, 6.45) is -0.205. The number of urea groups is 1. The lowest BCUT2D eigenvalue weighted by molar-refractivity contribution is 0.0710. The number of hydrogen-bond donors (Lipinski definition) is 1. The van der Waals surface area contributed by atoms with Gasteiger partial charge in [0.05, 0.1) is 19.7 Å². The average Bonchev–Trinajstić information content (AvgIpc) is 2.71. The standard InChI is InChI=1S/C22H28N2O4/c1-15(2)21(16-9-11-17(26-4)12-10-16)23-22(25)24(3)13-18-14-27-19-7-5-6-8-20(19)28-18/h5-12,15,18,21H,13-14H2,1-4H3,(H,23,25)/t18-,21-/m0/s1. The number of fused-ring (bicyclic) bond motifs is 1. The van der Waals surface area contributed by atoms with Crippen LogP contribution in [0.25, 0.3) is 0 Å². The van der Waals surface area contributed by atoms with Crippen LogP contribution in [-0.2, 0) is 0 Å². The average molecular weight is 384 g/mol. The monoisotopic (exact) mass is 384 g/mol. The van der Waals surface area contributed by atoms with Crippen LogP contribution in [0.3, 0.4) is 0 Å². The highest BCUT2D eigenvalue weighted by Gasteiger charge is 2.25. The van der Waals surface area contributed by atoms with Gasteiger partial charge in [0.15, 0.2) is 17.6 Å². The van der Waals surface area contributed by atoms with Crippen molar-refractivity contribution < 1.29 is 19.0 Å². The quantitative estimate of drug-likeness (QED) is 0.821. The molecule has 3 rings (SSSR count). The smallest absolute Gasteiger partial charge is 0.317 e. The molecule has 2 amide bonds. The molecule has 2 atom stereocenters. The summed E-state index contributed by atoms with van der Waals surface area (Å²) in [5.41, 5.74) is 1.05. The lowest BCUT2D eigenvalue weighted by Gasteiger charge is -2.31. The Morgan fingerprint density at radius 2 is 1.86 bits per heavy atom. The number of likely N-dealkylation sites (N-methyl/N-ethyl adjacent to an activating group) is 1. The molecule has 6 heteroatoms. The fourth-order valence-corrected chi connectivity index (χ4v) is 3.23. The van der Waals surface area contributed by atoms with Gasteiger partial charge in [0.2, 0.25) is 0 Å². The minimum atomic E-state index is -0.205. The van der Waals surface area contributed by atoms with Crippen molar-refractivity contribution >= 4 is 6.03 Å². The van der Waals surface area contributed by atoms with Crippen molar-refractivity contribution in [3.05, 3.63) is 54.1 Å². The first-order valence-electron chi connectivity index (χ1n) is 9.52. The number of amides is 2. The van der Waals surface area contributed by atoms with E-state index in [0.29, 0.717) is 18.9 Å². The Bertz CT molecular complexity index is 791. The highest BCUT2D eigenvalue weighted by atomic mass is 16.6. The Balaban J connectivity index is 1.60. The van der Waals surface area contributed by atoms with Gasteiger partial charge in [0.25, 0.3) is 0 Å². The lowest BCUT2D eigenvalue weighted by atomic mass is 9.96. The molecule has 1 aliphatic rings. The van der Waals surface area contributed by atoms with Crippen molar-refractivity contribution in [2.45, 2.75) is 26.0 Å². The molecule has 0 spiro atoms. The van der Waals surface area contributed by atoms with Crippen LogP contribution >= 0.6 is 0 Å². The number of nitrogens with zero attached hydrogens (tertiary/aromatic N) is 1. The molecule has 1 N–H and O–H groups in total. The number of rotatable bonds is 6. The second-order valence-electron chi connectivity index (χ2n) is 7.32. The van der Waals surface area contributed by atoms with Gasteiger partial charge in [-0.05, 0) is 35.7 Å². The molecule has 0 bridgehead atoms. The SMILES string of the molecule is COc1ccc([C@@H](NC(=O)N(C)C[C@H]2COc3ccccc3O2)C(C)C)cc1. The molecule has 28 heavy (non-hydrogen) atoms. The van der Waals surface area contributed by atoms with E-state index in [0.717, 1.165) is 17.1 Å². The van der Waals surface area contributed by atoms with Gasteiger partial charge >= 0.3 is 6.03 Å². The molecular formula is C22H28N2O4. The number of hydrogen-bond acceptors (Lipinski definition) is 4. The Hall–Kier alpha value is -2.89. The van der Waals surface area contributed by atoms with E-state index in [1.165, 1.54) is 0 Å². The number of para-hydroxylation sites is 2. The first-order valence-corrected chi connectivity index (χ1v) is 9.52. The number of nitrogens with one attached hydrogen (secondary N) is 1. The second kappa shape index (κ2) is 8.87. The fraction of sp³-hybridized carbons (Fsp3) is 0.409. The van der Waals surface area contributed by atoms with Crippen LogP contribution in [0.4, 0.5) is 4.79 Å². The normalized spacial score (nSPS) is 16.4. The largest absolute Gasteiger partial charge is 0.497 e. The van der Waals surface area contributed by atoms with E-state index in [2.05, 4.69) is 19.2 Å². The summed E-state index contributed by atoms with van der Waals surface area (Å²) >= 11 is 0. The predicted molar refractivity (Wildman–Crippen MR) is 108 cm³/mol. The molecule has 0 radical (unpaired) electrons. The first kappa shape index (κ1) is 19.9. The minimum absolute atomic E-state index is 0.0925. The molecule has 150 valence electrons. The zero-order chi connectivity index (χ0) is 20.1. The Morgan fingerprint density at radius 1 is 1.18 bits per heavy atom.